The molecular formula is C16H24N2O. The summed E-state index contributed by atoms with van der Waals surface area (Å²) in [6, 6.07) is 9.74. The topological polar surface area (TPSA) is 24.5 Å². The zero-order valence-electron chi connectivity index (χ0n) is 11.8. The monoisotopic (exact) mass is 260 g/mol. The highest BCUT2D eigenvalue weighted by molar-refractivity contribution is 5.31. The molecule has 2 aliphatic rings. The number of ether oxygens (including phenoxy) is 1. The van der Waals surface area contributed by atoms with Gasteiger partial charge in [0.05, 0.1) is 0 Å². The molecule has 0 aliphatic carbocycles. The van der Waals surface area contributed by atoms with E-state index in [-0.39, 0.29) is 0 Å². The Morgan fingerprint density at radius 3 is 2.95 bits per heavy atom. The summed E-state index contributed by atoms with van der Waals surface area (Å²) in [5.41, 5.74) is 1.22. The maximum Gasteiger partial charge on any atom is 0.122 e. The lowest BCUT2D eigenvalue weighted by Gasteiger charge is -2.24. The van der Waals surface area contributed by atoms with Crippen LogP contribution in [0.25, 0.3) is 0 Å². The van der Waals surface area contributed by atoms with E-state index in [4.69, 9.17) is 4.74 Å². The largest absolute Gasteiger partial charge is 0.492 e. The predicted molar refractivity (Wildman–Crippen MR) is 77.7 cm³/mol. The molecule has 2 bridgehead atoms. The van der Waals surface area contributed by atoms with Gasteiger partial charge in [0, 0.05) is 25.2 Å². The van der Waals surface area contributed by atoms with Crippen molar-refractivity contribution >= 4 is 0 Å². The summed E-state index contributed by atoms with van der Waals surface area (Å²) in [6.45, 7) is 6.34. The van der Waals surface area contributed by atoms with Crippen LogP contribution in [0.4, 0.5) is 0 Å². The number of hydrogen-bond acceptors (Lipinski definition) is 3. The second kappa shape index (κ2) is 5.93. The Morgan fingerprint density at radius 2 is 2.05 bits per heavy atom. The van der Waals surface area contributed by atoms with E-state index in [1.165, 1.54) is 37.9 Å². The van der Waals surface area contributed by atoms with Gasteiger partial charge >= 0.3 is 0 Å². The van der Waals surface area contributed by atoms with Crippen LogP contribution in [0.3, 0.4) is 0 Å². The molecule has 104 valence electrons. The van der Waals surface area contributed by atoms with Crippen LogP contribution in [0.2, 0.25) is 0 Å². The van der Waals surface area contributed by atoms with Crippen molar-refractivity contribution in [1.29, 1.82) is 0 Å². The van der Waals surface area contributed by atoms with Gasteiger partial charge in [-0.1, -0.05) is 18.2 Å². The van der Waals surface area contributed by atoms with Crippen molar-refractivity contribution in [3.05, 3.63) is 29.8 Å². The van der Waals surface area contributed by atoms with Gasteiger partial charge in [0.2, 0.25) is 0 Å². The summed E-state index contributed by atoms with van der Waals surface area (Å²) in [7, 11) is 0. The second-order valence-electron chi connectivity index (χ2n) is 5.84. The van der Waals surface area contributed by atoms with Crippen molar-refractivity contribution in [3.63, 3.8) is 0 Å². The molecule has 1 N–H and O–H groups in total. The molecule has 0 radical (unpaired) electrons. The first-order valence-corrected chi connectivity index (χ1v) is 7.48. The van der Waals surface area contributed by atoms with E-state index in [0.29, 0.717) is 6.04 Å². The third-order valence-electron chi connectivity index (χ3n) is 4.37. The van der Waals surface area contributed by atoms with Crippen LogP contribution in [0, 0.1) is 6.92 Å². The molecule has 3 rings (SSSR count). The average molecular weight is 260 g/mol. The Kier molecular flexibility index (Phi) is 4.04. The summed E-state index contributed by atoms with van der Waals surface area (Å²) in [5.74, 6) is 1.02. The Labute approximate surface area is 115 Å². The molecule has 0 amide bonds. The van der Waals surface area contributed by atoms with Crippen LogP contribution in [0.1, 0.15) is 24.8 Å². The molecule has 1 aromatic rings. The molecule has 19 heavy (non-hydrogen) atoms. The number of hydrogen-bond donors (Lipinski definition) is 1. The van der Waals surface area contributed by atoms with Crippen molar-refractivity contribution in [2.24, 2.45) is 0 Å². The second-order valence-corrected chi connectivity index (χ2v) is 5.84. The van der Waals surface area contributed by atoms with Crippen LogP contribution in [-0.4, -0.2) is 43.2 Å². The summed E-state index contributed by atoms with van der Waals surface area (Å²) in [4.78, 5) is 2.55. The van der Waals surface area contributed by atoms with Crippen molar-refractivity contribution in [2.45, 2.75) is 38.3 Å². The number of fused-ring (bicyclic) bond motifs is 2. The number of nitrogens with zero attached hydrogens (tertiary/aromatic N) is 1. The molecule has 0 aromatic heterocycles. The summed E-state index contributed by atoms with van der Waals surface area (Å²) >= 11 is 0. The fourth-order valence-corrected chi connectivity index (χ4v) is 3.22. The molecule has 2 fully saturated rings. The lowest BCUT2D eigenvalue weighted by Crippen LogP contribution is -2.37. The van der Waals surface area contributed by atoms with E-state index in [0.717, 1.165) is 24.9 Å². The highest BCUT2D eigenvalue weighted by Crippen LogP contribution is 2.20. The SMILES string of the molecule is Cc1ccccc1OCCN1CCC2CCC(C1)N2. The van der Waals surface area contributed by atoms with Crippen molar-refractivity contribution in [3.8, 4) is 5.75 Å². The van der Waals surface area contributed by atoms with Crippen LogP contribution in [0.15, 0.2) is 24.3 Å². The Bertz CT molecular complexity index is 421. The maximum absolute atomic E-state index is 5.90. The first-order chi connectivity index (χ1) is 9.31. The Morgan fingerprint density at radius 1 is 1.21 bits per heavy atom. The molecule has 2 atom stereocenters. The fraction of sp³-hybridized carbons (Fsp3) is 0.625. The lowest BCUT2D eigenvalue weighted by molar-refractivity contribution is 0.201. The number of para-hydroxylation sites is 1. The van der Waals surface area contributed by atoms with E-state index >= 15 is 0 Å². The van der Waals surface area contributed by atoms with Crippen LogP contribution >= 0.6 is 0 Å². The zero-order chi connectivity index (χ0) is 13.1. The smallest absolute Gasteiger partial charge is 0.122 e. The molecule has 0 spiro atoms. The van der Waals surface area contributed by atoms with Crippen molar-refractivity contribution < 1.29 is 4.74 Å². The van der Waals surface area contributed by atoms with Gasteiger partial charge < -0.3 is 10.1 Å². The Balaban J connectivity index is 1.46. The van der Waals surface area contributed by atoms with Gasteiger partial charge in [-0.2, -0.15) is 0 Å². The molecule has 2 aliphatic heterocycles. The van der Waals surface area contributed by atoms with Gasteiger partial charge in [-0.25, -0.2) is 0 Å². The minimum absolute atomic E-state index is 0.714. The maximum atomic E-state index is 5.90. The van der Waals surface area contributed by atoms with E-state index in [9.17, 15) is 0 Å². The standard InChI is InChI=1S/C16H24N2O/c1-13-4-2-3-5-16(13)19-11-10-18-9-8-14-6-7-15(12-18)17-14/h2-5,14-15,17H,6-12H2,1H3. The molecule has 3 heteroatoms. The van der Waals surface area contributed by atoms with Crippen LogP contribution in [-0.2, 0) is 0 Å². The third kappa shape index (κ3) is 3.28. The minimum Gasteiger partial charge on any atom is -0.492 e. The summed E-state index contributed by atoms with van der Waals surface area (Å²) in [6.07, 6.45) is 4.01. The number of nitrogens with one attached hydrogen (secondary N) is 1. The van der Waals surface area contributed by atoms with E-state index in [2.05, 4.69) is 35.3 Å². The average Bonchev–Trinajstić information content (AvgIpc) is 2.74. The molecular weight excluding hydrogens is 236 g/mol. The van der Waals surface area contributed by atoms with Crippen molar-refractivity contribution in [2.75, 3.05) is 26.2 Å². The predicted octanol–water partition coefficient (Wildman–Crippen LogP) is 2.20. The molecule has 2 heterocycles. The van der Waals surface area contributed by atoms with E-state index in [1.807, 2.05) is 6.07 Å². The minimum atomic E-state index is 0.714. The van der Waals surface area contributed by atoms with Gasteiger partial charge in [-0.3, -0.25) is 4.90 Å². The molecule has 2 saturated heterocycles. The highest BCUT2D eigenvalue weighted by Gasteiger charge is 2.28. The number of benzene rings is 1. The highest BCUT2D eigenvalue weighted by atomic mass is 16.5. The van der Waals surface area contributed by atoms with Crippen LogP contribution in [0.5, 0.6) is 5.75 Å². The van der Waals surface area contributed by atoms with E-state index < -0.39 is 0 Å². The van der Waals surface area contributed by atoms with Gasteiger partial charge in [0.15, 0.2) is 0 Å². The summed E-state index contributed by atoms with van der Waals surface area (Å²) < 4.78 is 5.90. The molecule has 0 saturated carbocycles. The quantitative estimate of drug-likeness (QED) is 0.898. The lowest BCUT2D eigenvalue weighted by atomic mass is 10.1. The number of rotatable bonds is 4. The first-order valence-electron chi connectivity index (χ1n) is 7.48. The number of likely N-dealkylation sites (tertiary alicyclic amines) is 1. The first kappa shape index (κ1) is 12.9. The zero-order valence-corrected chi connectivity index (χ0v) is 11.8. The normalized spacial score (nSPS) is 27.2. The number of aryl methyl sites for hydroxylation is 1. The van der Waals surface area contributed by atoms with Gasteiger partial charge in [0.1, 0.15) is 12.4 Å². The fourth-order valence-electron chi connectivity index (χ4n) is 3.22. The summed E-state index contributed by atoms with van der Waals surface area (Å²) in [5, 5.41) is 3.72. The van der Waals surface area contributed by atoms with Crippen molar-refractivity contribution in [1.82, 2.24) is 10.2 Å². The molecule has 3 nitrogen and oxygen atoms in total. The van der Waals surface area contributed by atoms with Gasteiger partial charge in [-0.15, -0.1) is 0 Å². The van der Waals surface area contributed by atoms with Gasteiger partial charge in [-0.05, 0) is 44.4 Å². The third-order valence-corrected chi connectivity index (χ3v) is 4.37. The molecule has 2 unspecified atom stereocenters. The Hall–Kier alpha value is -1.06. The van der Waals surface area contributed by atoms with Crippen LogP contribution < -0.4 is 10.1 Å². The van der Waals surface area contributed by atoms with Gasteiger partial charge in [0.25, 0.3) is 0 Å². The van der Waals surface area contributed by atoms with E-state index in [1.54, 1.807) is 0 Å². The molecule has 1 aromatic carbocycles.